The Hall–Kier alpha value is -6.85. The molecule has 50 heavy (non-hydrogen) atoms. The minimum absolute atomic E-state index is 0.623. The Balaban J connectivity index is 1.05. The molecule has 10 aromatic rings. The smallest absolute Gasteiger partial charge is 0.164 e. The number of hydrogen-bond acceptors (Lipinski definition) is 5. The third-order valence-electron chi connectivity index (χ3n) is 9.37. The first-order valence-corrected chi connectivity index (χ1v) is 16.6. The van der Waals surface area contributed by atoms with E-state index >= 15 is 0 Å². The molecule has 0 N–H and O–H groups in total. The highest BCUT2D eigenvalue weighted by Gasteiger charge is 2.17. The Bertz CT molecular complexity index is 2800. The molecule has 0 amide bonds. The lowest BCUT2D eigenvalue weighted by Crippen LogP contribution is -2.00. The molecule has 0 saturated heterocycles. The molecule has 5 nitrogen and oxygen atoms in total. The molecule has 0 aliphatic carbocycles. The van der Waals surface area contributed by atoms with Crippen LogP contribution in [0.5, 0.6) is 0 Å². The summed E-state index contributed by atoms with van der Waals surface area (Å²) in [7, 11) is 0. The van der Waals surface area contributed by atoms with Crippen LogP contribution in [0, 0.1) is 0 Å². The summed E-state index contributed by atoms with van der Waals surface area (Å²) in [6, 6.07) is 55.7. The molecule has 3 aromatic heterocycles. The van der Waals surface area contributed by atoms with Gasteiger partial charge in [-0.25, -0.2) is 15.0 Å². The maximum absolute atomic E-state index is 6.55. The molecular weight excluding hydrogens is 615 g/mol. The van der Waals surface area contributed by atoms with Gasteiger partial charge >= 0.3 is 0 Å². The van der Waals surface area contributed by atoms with Crippen LogP contribution in [-0.4, -0.2) is 15.0 Å². The van der Waals surface area contributed by atoms with Crippen LogP contribution in [-0.2, 0) is 0 Å². The largest absolute Gasteiger partial charge is 0.455 e. The first-order valence-electron chi connectivity index (χ1n) is 16.6. The van der Waals surface area contributed by atoms with Gasteiger partial charge in [0, 0.05) is 49.4 Å². The minimum Gasteiger partial charge on any atom is -0.455 e. The maximum Gasteiger partial charge on any atom is 0.164 e. The van der Waals surface area contributed by atoms with E-state index in [0.717, 1.165) is 82.8 Å². The standard InChI is InChI=1S/C45H27N3O2/c1-3-11-29(12-4-1)43-46-44(30-13-5-2-6-14-30)48-45(47-43)31-23-21-28(22-24-31)33-16-9-19-37-38-27-32(25-26-40(38)50-41(33)37)34-17-10-18-36-35-15-7-8-20-39(35)49-42(34)36/h1-27H. The molecule has 5 heteroatoms. The zero-order valence-electron chi connectivity index (χ0n) is 26.7. The van der Waals surface area contributed by atoms with Gasteiger partial charge in [0.25, 0.3) is 0 Å². The summed E-state index contributed by atoms with van der Waals surface area (Å²) in [5.41, 5.74) is 10.5. The summed E-state index contributed by atoms with van der Waals surface area (Å²) >= 11 is 0. The average molecular weight is 642 g/mol. The van der Waals surface area contributed by atoms with Crippen LogP contribution in [0.25, 0.3) is 100 Å². The lowest BCUT2D eigenvalue weighted by molar-refractivity contribution is 0.669. The van der Waals surface area contributed by atoms with E-state index in [-0.39, 0.29) is 0 Å². The fourth-order valence-electron chi connectivity index (χ4n) is 6.90. The summed E-state index contributed by atoms with van der Waals surface area (Å²) in [5.74, 6) is 1.90. The molecule has 7 aromatic carbocycles. The van der Waals surface area contributed by atoms with E-state index < -0.39 is 0 Å². The van der Waals surface area contributed by atoms with E-state index in [1.165, 1.54) is 0 Å². The van der Waals surface area contributed by atoms with Crippen molar-refractivity contribution in [2.45, 2.75) is 0 Å². The lowest BCUT2D eigenvalue weighted by atomic mass is 9.98. The molecule has 0 aliphatic rings. The van der Waals surface area contributed by atoms with Crippen LogP contribution in [0.2, 0.25) is 0 Å². The number of fused-ring (bicyclic) bond motifs is 6. The van der Waals surface area contributed by atoms with Crippen molar-refractivity contribution in [2.24, 2.45) is 0 Å². The molecule has 0 bridgehead atoms. The molecule has 10 rings (SSSR count). The Kier molecular flexibility index (Phi) is 6.42. The normalized spacial score (nSPS) is 11.6. The van der Waals surface area contributed by atoms with Crippen LogP contribution in [0.4, 0.5) is 0 Å². The van der Waals surface area contributed by atoms with Crippen molar-refractivity contribution in [3.63, 3.8) is 0 Å². The molecular formula is C45H27N3O2. The van der Waals surface area contributed by atoms with Crippen LogP contribution in [0.1, 0.15) is 0 Å². The molecule has 0 radical (unpaired) electrons. The van der Waals surface area contributed by atoms with Gasteiger partial charge in [-0.2, -0.15) is 0 Å². The van der Waals surface area contributed by atoms with Gasteiger partial charge in [-0.3, -0.25) is 0 Å². The summed E-state index contributed by atoms with van der Waals surface area (Å²) < 4.78 is 12.9. The van der Waals surface area contributed by atoms with E-state index in [0.29, 0.717) is 17.5 Å². The van der Waals surface area contributed by atoms with Gasteiger partial charge in [0.1, 0.15) is 22.3 Å². The number of hydrogen-bond donors (Lipinski definition) is 0. The summed E-state index contributed by atoms with van der Waals surface area (Å²) in [6.07, 6.45) is 0. The highest BCUT2D eigenvalue weighted by atomic mass is 16.3. The van der Waals surface area contributed by atoms with Gasteiger partial charge in [-0.15, -0.1) is 0 Å². The summed E-state index contributed by atoms with van der Waals surface area (Å²) in [4.78, 5) is 14.6. The second kappa shape index (κ2) is 11.4. The van der Waals surface area contributed by atoms with Crippen LogP contribution in [0.3, 0.4) is 0 Å². The summed E-state index contributed by atoms with van der Waals surface area (Å²) in [5, 5.41) is 4.37. The zero-order valence-corrected chi connectivity index (χ0v) is 26.7. The minimum atomic E-state index is 0.623. The monoisotopic (exact) mass is 641 g/mol. The number of furan rings is 2. The van der Waals surface area contributed by atoms with Crippen molar-refractivity contribution in [3.8, 4) is 56.4 Å². The highest BCUT2D eigenvalue weighted by Crippen LogP contribution is 2.40. The predicted octanol–water partition coefficient (Wildman–Crippen LogP) is 12.0. The van der Waals surface area contributed by atoms with E-state index in [1.54, 1.807) is 0 Å². The first kappa shape index (κ1) is 28.2. The van der Waals surface area contributed by atoms with Crippen molar-refractivity contribution in [1.82, 2.24) is 15.0 Å². The fraction of sp³-hybridized carbons (Fsp3) is 0. The molecule has 0 atom stereocenters. The molecule has 0 unspecified atom stereocenters. The van der Waals surface area contributed by atoms with Crippen LogP contribution < -0.4 is 0 Å². The Morgan fingerprint density at radius 3 is 1.36 bits per heavy atom. The van der Waals surface area contributed by atoms with Crippen LogP contribution in [0.15, 0.2) is 173 Å². The van der Waals surface area contributed by atoms with Crippen molar-refractivity contribution >= 4 is 43.9 Å². The number of benzene rings is 7. The van der Waals surface area contributed by atoms with Gasteiger partial charge in [0.2, 0.25) is 0 Å². The van der Waals surface area contributed by atoms with E-state index in [4.69, 9.17) is 23.8 Å². The Morgan fingerprint density at radius 1 is 0.300 bits per heavy atom. The molecule has 3 heterocycles. The van der Waals surface area contributed by atoms with Crippen molar-refractivity contribution in [1.29, 1.82) is 0 Å². The van der Waals surface area contributed by atoms with E-state index in [1.807, 2.05) is 72.8 Å². The molecule has 234 valence electrons. The molecule has 0 aliphatic heterocycles. The quantitative estimate of drug-likeness (QED) is 0.187. The third-order valence-corrected chi connectivity index (χ3v) is 9.37. The Morgan fingerprint density at radius 2 is 0.740 bits per heavy atom. The van der Waals surface area contributed by atoms with E-state index in [9.17, 15) is 0 Å². The number of aromatic nitrogens is 3. The van der Waals surface area contributed by atoms with Gasteiger partial charge < -0.3 is 8.83 Å². The van der Waals surface area contributed by atoms with Gasteiger partial charge in [0.15, 0.2) is 17.5 Å². The Labute approximate surface area is 287 Å². The van der Waals surface area contributed by atoms with Crippen LogP contribution >= 0.6 is 0 Å². The third kappa shape index (κ3) is 4.67. The number of rotatable bonds is 5. The molecule has 0 saturated carbocycles. The molecule has 0 spiro atoms. The van der Waals surface area contributed by atoms with Gasteiger partial charge in [-0.1, -0.05) is 146 Å². The SMILES string of the molecule is c1ccc(-c2nc(-c3ccccc3)nc(-c3ccc(-c4cccc5c4oc4ccc(-c6cccc7c6oc6ccccc67)cc45)cc3)n2)cc1. The number of nitrogens with zero attached hydrogens (tertiary/aromatic N) is 3. The summed E-state index contributed by atoms with van der Waals surface area (Å²) in [6.45, 7) is 0. The lowest BCUT2D eigenvalue weighted by Gasteiger charge is -2.09. The number of para-hydroxylation sites is 3. The zero-order chi connectivity index (χ0) is 33.0. The van der Waals surface area contributed by atoms with Crippen molar-refractivity contribution in [2.75, 3.05) is 0 Å². The topological polar surface area (TPSA) is 65.0 Å². The van der Waals surface area contributed by atoms with Gasteiger partial charge in [-0.05, 0) is 29.3 Å². The second-order valence-corrected chi connectivity index (χ2v) is 12.4. The maximum atomic E-state index is 6.55. The van der Waals surface area contributed by atoms with Crippen molar-refractivity contribution < 1.29 is 8.83 Å². The average Bonchev–Trinajstić information content (AvgIpc) is 3.77. The highest BCUT2D eigenvalue weighted by molar-refractivity contribution is 6.13. The van der Waals surface area contributed by atoms with Crippen molar-refractivity contribution in [3.05, 3.63) is 164 Å². The fourth-order valence-corrected chi connectivity index (χ4v) is 6.90. The molecule has 0 fully saturated rings. The van der Waals surface area contributed by atoms with E-state index in [2.05, 4.69) is 91.0 Å². The van der Waals surface area contributed by atoms with Gasteiger partial charge in [0.05, 0.1) is 0 Å². The first-order chi connectivity index (χ1) is 24.8. The second-order valence-electron chi connectivity index (χ2n) is 12.4. The predicted molar refractivity (Wildman–Crippen MR) is 202 cm³/mol.